The van der Waals surface area contributed by atoms with E-state index in [1.807, 2.05) is 13.8 Å². The molecule has 0 fully saturated rings. The molecule has 1 aromatic carbocycles. The average Bonchev–Trinajstić information content (AvgIpc) is 2.49. The van der Waals surface area contributed by atoms with Crippen molar-refractivity contribution in [2.75, 3.05) is 26.2 Å². The number of ether oxygens (including phenoxy) is 3. The van der Waals surface area contributed by atoms with Crippen molar-refractivity contribution in [1.82, 2.24) is 0 Å². The summed E-state index contributed by atoms with van der Waals surface area (Å²) in [5.41, 5.74) is 6.19. The van der Waals surface area contributed by atoms with Gasteiger partial charge in [-0.15, -0.1) is 11.6 Å². The molecule has 0 radical (unpaired) electrons. The number of methoxy groups -OCH3 is 1. The number of benzene rings is 1. The quantitative estimate of drug-likeness (QED) is 0.362. The Kier molecular flexibility index (Phi) is 6.81. The van der Waals surface area contributed by atoms with Crippen LogP contribution in [-0.2, 0) is 4.74 Å². The van der Waals surface area contributed by atoms with E-state index in [0.29, 0.717) is 30.4 Å². The molecule has 1 rings (SSSR count). The van der Waals surface area contributed by atoms with E-state index in [4.69, 9.17) is 31.5 Å². The molecule has 6 nitrogen and oxygen atoms in total. The van der Waals surface area contributed by atoms with Crippen molar-refractivity contribution >= 4 is 29.1 Å². The summed E-state index contributed by atoms with van der Waals surface area (Å²) in [6.07, 6.45) is 0. The topological polar surface area (TPSA) is 83.1 Å². The Morgan fingerprint density at radius 1 is 1.24 bits per heavy atom. The van der Waals surface area contributed by atoms with Gasteiger partial charge in [0.1, 0.15) is 5.84 Å². The number of carbonyl (C=O) groups is 1. The molecule has 1 aromatic rings. The Hall–Kier alpha value is -1.95. The first-order chi connectivity index (χ1) is 10.1. The number of rotatable bonds is 7. The number of esters is 1. The van der Waals surface area contributed by atoms with Gasteiger partial charge in [0.15, 0.2) is 11.5 Å². The van der Waals surface area contributed by atoms with Crippen LogP contribution in [0, 0.1) is 0 Å². The highest BCUT2D eigenvalue weighted by molar-refractivity contribution is 6.28. The van der Waals surface area contributed by atoms with Gasteiger partial charge in [0, 0.05) is 12.1 Å². The second-order valence-electron chi connectivity index (χ2n) is 3.91. The monoisotopic (exact) mass is 314 g/mol. The van der Waals surface area contributed by atoms with Crippen molar-refractivity contribution in [1.29, 1.82) is 0 Å². The van der Waals surface area contributed by atoms with Crippen LogP contribution in [0.5, 0.6) is 11.5 Å². The predicted octanol–water partition coefficient (Wildman–Crippen LogP) is 2.50. The molecule has 0 amide bonds. The predicted molar refractivity (Wildman–Crippen MR) is 82.1 cm³/mol. The fraction of sp³-hybridized carbons (Fsp3) is 0.429. The van der Waals surface area contributed by atoms with Gasteiger partial charge in [-0.2, -0.15) is 0 Å². The van der Waals surface area contributed by atoms with E-state index in [1.165, 1.54) is 13.2 Å². The fourth-order valence-corrected chi connectivity index (χ4v) is 1.70. The molecule has 2 N–H and O–H groups in total. The SMILES string of the molecule is CCOc1cc(N=C(N)CCl)c(C(=O)OC)cc1OCC. The standard InChI is InChI=1S/C14H19ClN2O4/c1-4-20-11-6-9(14(18)19-3)10(17-13(16)8-15)7-12(11)21-5-2/h6-7H,4-5,8H2,1-3H3,(H2,16,17). The van der Waals surface area contributed by atoms with E-state index in [9.17, 15) is 4.79 Å². The van der Waals surface area contributed by atoms with E-state index < -0.39 is 5.97 Å². The van der Waals surface area contributed by atoms with Crippen LogP contribution in [0.4, 0.5) is 5.69 Å². The minimum absolute atomic E-state index is 0.0534. The summed E-state index contributed by atoms with van der Waals surface area (Å²) in [5.74, 6) is 0.627. The average molecular weight is 315 g/mol. The fourth-order valence-electron chi connectivity index (χ4n) is 1.64. The van der Waals surface area contributed by atoms with Gasteiger partial charge in [-0.25, -0.2) is 9.79 Å². The third-order valence-corrected chi connectivity index (χ3v) is 2.74. The number of aliphatic imine (C=N–C) groups is 1. The van der Waals surface area contributed by atoms with E-state index in [1.54, 1.807) is 6.07 Å². The molecule has 7 heteroatoms. The summed E-state index contributed by atoms with van der Waals surface area (Å²) < 4.78 is 15.7. The summed E-state index contributed by atoms with van der Waals surface area (Å²) in [5, 5.41) is 0. The first-order valence-corrected chi connectivity index (χ1v) is 7.01. The molecule has 0 atom stereocenters. The number of alkyl halides is 1. The van der Waals surface area contributed by atoms with Gasteiger partial charge < -0.3 is 19.9 Å². The van der Waals surface area contributed by atoms with Gasteiger partial charge in [-0.05, 0) is 13.8 Å². The summed E-state index contributed by atoms with van der Waals surface area (Å²) >= 11 is 5.62. The molecule has 0 spiro atoms. The molecule has 0 saturated carbocycles. The van der Waals surface area contributed by atoms with Crippen LogP contribution in [0.3, 0.4) is 0 Å². The molecular formula is C14H19ClN2O4. The molecule has 0 bridgehead atoms. The summed E-state index contributed by atoms with van der Waals surface area (Å²) in [7, 11) is 1.29. The van der Waals surface area contributed by atoms with E-state index in [-0.39, 0.29) is 17.3 Å². The highest BCUT2D eigenvalue weighted by atomic mass is 35.5. The lowest BCUT2D eigenvalue weighted by Gasteiger charge is -2.14. The number of nitrogens with zero attached hydrogens (tertiary/aromatic N) is 1. The minimum Gasteiger partial charge on any atom is -0.490 e. The lowest BCUT2D eigenvalue weighted by Crippen LogP contribution is -2.13. The Balaban J connectivity index is 3.43. The van der Waals surface area contributed by atoms with E-state index in [2.05, 4.69) is 4.99 Å². The lowest BCUT2D eigenvalue weighted by atomic mass is 10.1. The van der Waals surface area contributed by atoms with E-state index in [0.717, 1.165) is 0 Å². The zero-order valence-corrected chi connectivity index (χ0v) is 13.1. The van der Waals surface area contributed by atoms with Gasteiger partial charge in [0.2, 0.25) is 0 Å². The molecular weight excluding hydrogens is 296 g/mol. The zero-order valence-electron chi connectivity index (χ0n) is 12.3. The molecule has 0 heterocycles. The van der Waals surface area contributed by atoms with Crippen molar-refractivity contribution in [2.24, 2.45) is 10.7 Å². The molecule has 0 aromatic heterocycles. The van der Waals surface area contributed by atoms with Crippen molar-refractivity contribution < 1.29 is 19.0 Å². The Bertz CT molecular complexity index is 532. The molecule has 116 valence electrons. The van der Waals surface area contributed by atoms with Crippen LogP contribution in [0.25, 0.3) is 0 Å². The van der Waals surface area contributed by atoms with E-state index >= 15 is 0 Å². The minimum atomic E-state index is -0.542. The maximum Gasteiger partial charge on any atom is 0.340 e. The largest absolute Gasteiger partial charge is 0.490 e. The number of nitrogens with two attached hydrogens (primary N) is 1. The van der Waals surface area contributed by atoms with Gasteiger partial charge >= 0.3 is 5.97 Å². The van der Waals surface area contributed by atoms with Crippen molar-refractivity contribution in [3.05, 3.63) is 17.7 Å². The van der Waals surface area contributed by atoms with Crippen LogP contribution in [0.2, 0.25) is 0 Å². The smallest absolute Gasteiger partial charge is 0.340 e. The number of amidine groups is 1. The maximum absolute atomic E-state index is 11.9. The maximum atomic E-state index is 11.9. The van der Waals surface area contributed by atoms with Gasteiger partial charge in [-0.1, -0.05) is 0 Å². The normalized spacial score (nSPS) is 11.1. The van der Waals surface area contributed by atoms with Gasteiger partial charge in [-0.3, -0.25) is 0 Å². The highest BCUT2D eigenvalue weighted by Crippen LogP contribution is 2.35. The second-order valence-corrected chi connectivity index (χ2v) is 4.18. The van der Waals surface area contributed by atoms with Crippen LogP contribution >= 0.6 is 11.6 Å². The highest BCUT2D eigenvalue weighted by Gasteiger charge is 2.18. The Morgan fingerprint density at radius 2 is 1.81 bits per heavy atom. The first-order valence-electron chi connectivity index (χ1n) is 6.48. The van der Waals surface area contributed by atoms with Crippen LogP contribution in [0.1, 0.15) is 24.2 Å². The van der Waals surface area contributed by atoms with Crippen molar-refractivity contribution in [3.8, 4) is 11.5 Å². The number of carbonyl (C=O) groups excluding carboxylic acids is 1. The Morgan fingerprint density at radius 3 is 2.29 bits per heavy atom. The third kappa shape index (κ3) is 4.53. The molecule has 0 aliphatic carbocycles. The zero-order chi connectivity index (χ0) is 15.8. The molecule has 0 unspecified atom stereocenters. The molecule has 0 aliphatic rings. The molecule has 0 saturated heterocycles. The van der Waals surface area contributed by atoms with Crippen molar-refractivity contribution in [2.45, 2.75) is 13.8 Å². The van der Waals surface area contributed by atoms with Crippen LogP contribution in [-0.4, -0.2) is 38.0 Å². The lowest BCUT2D eigenvalue weighted by molar-refractivity contribution is 0.0601. The molecule has 0 aliphatic heterocycles. The third-order valence-electron chi connectivity index (χ3n) is 2.47. The Labute approximate surface area is 128 Å². The summed E-state index contributed by atoms with van der Waals surface area (Å²) in [6, 6.07) is 3.11. The van der Waals surface area contributed by atoms with Crippen molar-refractivity contribution in [3.63, 3.8) is 0 Å². The summed E-state index contributed by atoms with van der Waals surface area (Å²) in [4.78, 5) is 16.0. The van der Waals surface area contributed by atoms with Gasteiger partial charge in [0.05, 0.1) is 37.5 Å². The van der Waals surface area contributed by atoms with Crippen LogP contribution < -0.4 is 15.2 Å². The molecule has 21 heavy (non-hydrogen) atoms. The van der Waals surface area contributed by atoms with Crippen LogP contribution in [0.15, 0.2) is 17.1 Å². The summed E-state index contributed by atoms with van der Waals surface area (Å²) in [6.45, 7) is 4.57. The second kappa shape index (κ2) is 8.36. The number of hydrogen-bond acceptors (Lipinski definition) is 5. The van der Waals surface area contributed by atoms with Gasteiger partial charge in [0.25, 0.3) is 0 Å². The number of hydrogen-bond donors (Lipinski definition) is 1. The number of halogens is 1. The first kappa shape index (κ1) is 17.1.